The lowest BCUT2D eigenvalue weighted by Crippen LogP contribution is -2.16. The molecule has 0 atom stereocenters. The maximum Gasteiger partial charge on any atom is 0.573 e. The zero-order chi connectivity index (χ0) is 31.1. The standard InChI is InChI=1S/C28H22F5N5O4S/c1-16-35-22(27(29)30)14-37(16)23-10-7-18(19-3-4-20(15-39)26(12-19)43(2,40)41)11-24(23)38-25(13-34-36-38)17-5-8-21(9-6-17)42-28(31,32)33/h3-14,27,39H,15H2,1-2H3. The number of benzene rings is 3. The fraction of sp³-hybridized carbons (Fsp3) is 0.179. The summed E-state index contributed by atoms with van der Waals surface area (Å²) in [6.07, 6.45) is -4.13. The summed E-state index contributed by atoms with van der Waals surface area (Å²) in [5.41, 5.74) is 2.17. The molecule has 0 bridgehead atoms. The van der Waals surface area contributed by atoms with Crippen molar-refractivity contribution in [2.24, 2.45) is 0 Å². The van der Waals surface area contributed by atoms with Crippen molar-refractivity contribution in [3.63, 3.8) is 0 Å². The molecule has 9 nitrogen and oxygen atoms in total. The van der Waals surface area contributed by atoms with Crippen LogP contribution < -0.4 is 4.74 Å². The topological polar surface area (TPSA) is 112 Å². The minimum atomic E-state index is -4.87. The number of hydrogen-bond donors (Lipinski definition) is 1. The maximum absolute atomic E-state index is 13.5. The average Bonchev–Trinajstić information content (AvgIpc) is 3.59. The molecule has 0 aliphatic heterocycles. The van der Waals surface area contributed by atoms with Crippen molar-refractivity contribution in [1.82, 2.24) is 24.5 Å². The third kappa shape index (κ3) is 6.27. The SMILES string of the molecule is Cc1nc(C(F)F)cn1-c1ccc(-c2ccc(CO)c(S(C)(=O)=O)c2)cc1-n1nncc1-c1ccc(OC(F)(F)F)cc1. The number of aliphatic hydroxyl groups is 1. The average molecular weight is 620 g/mol. The summed E-state index contributed by atoms with van der Waals surface area (Å²) < 4.78 is 96.5. The molecule has 2 heterocycles. The molecule has 0 amide bonds. The van der Waals surface area contributed by atoms with Gasteiger partial charge in [-0.2, -0.15) is 0 Å². The molecule has 0 aliphatic rings. The molecule has 5 rings (SSSR count). The molecule has 0 saturated heterocycles. The Kier molecular flexibility index (Phi) is 7.79. The van der Waals surface area contributed by atoms with E-state index in [0.29, 0.717) is 33.8 Å². The first kappa shape index (κ1) is 29.8. The minimum absolute atomic E-state index is 0.0623. The molecule has 5 aromatic rings. The van der Waals surface area contributed by atoms with Crippen molar-refractivity contribution in [2.45, 2.75) is 31.2 Å². The summed E-state index contributed by atoms with van der Waals surface area (Å²) in [6, 6.07) is 14.4. The highest BCUT2D eigenvalue weighted by Crippen LogP contribution is 2.34. The van der Waals surface area contributed by atoms with Crippen LogP contribution in [-0.4, -0.2) is 50.7 Å². The first-order valence-electron chi connectivity index (χ1n) is 12.4. The van der Waals surface area contributed by atoms with Crippen LogP contribution in [-0.2, 0) is 16.4 Å². The highest BCUT2D eigenvalue weighted by atomic mass is 32.2. The lowest BCUT2D eigenvalue weighted by molar-refractivity contribution is -0.274. The number of rotatable bonds is 8. The normalized spacial score (nSPS) is 12.2. The van der Waals surface area contributed by atoms with Gasteiger partial charge in [0.1, 0.15) is 17.3 Å². The van der Waals surface area contributed by atoms with E-state index >= 15 is 0 Å². The molecule has 1 N–H and O–H groups in total. The third-order valence-electron chi connectivity index (χ3n) is 6.49. The second kappa shape index (κ2) is 11.2. The van der Waals surface area contributed by atoms with Gasteiger partial charge in [-0.15, -0.1) is 18.3 Å². The van der Waals surface area contributed by atoms with E-state index in [4.69, 9.17) is 0 Å². The van der Waals surface area contributed by atoms with Crippen LogP contribution in [0.3, 0.4) is 0 Å². The number of alkyl halides is 5. The summed E-state index contributed by atoms with van der Waals surface area (Å²) in [6.45, 7) is 1.05. The van der Waals surface area contributed by atoms with E-state index in [9.17, 15) is 35.5 Å². The number of nitrogens with zero attached hydrogens (tertiary/aromatic N) is 5. The van der Waals surface area contributed by atoms with E-state index in [-0.39, 0.29) is 16.3 Å². The van der Waals surface area contributed by atoms with Gasteiger partial charge < -0.3 is 14.4 Å². The molecule has 0 spiro atoms. The Hall–Kier alpha value is -4.63. The Morgan fingerprint density at radius 2 is 1.60 bits per heavy atom. The summed E-state index contributed by atoms with van der Waals surface area (Å²) in [4.78, 5) is 3.88. The van der Waals surface area contributed by atoms with Gasteiger partial charge in [0.05, 0.1) is 34.8 Å². The van der Waals surface area contributed by atoms with Gasteiger partial charge >= 0.3 is 6.36 Å². The predicted molar refractivity (Wildman–Crippen MR) is 145 cm³/mol. The number of aromatic nitrogens is 5. The van der Waals surface area contributed by atoms with Gasteiger partial charge in [-0.1, -0.05) is 23.4 Å². The quantitative estimate of drug-likeness (QED) is 0.218. The van der Waals surface area contributed by atoms with Gasteiger partial charge in [0, 0.05) is 18.0 Å². The number of ether oxygens (including phenoxy) is 1. The van der Waals surface area contributed by atoms with Crippen LogP contribution in [0.4, 0.5) is 22.0 Å². The minimum Gasteiger partial charge on any atom is -0.406 e. The molecule has 224 valence electrons. The number of hydrogen-bond acceptors (Lipinski definition) is 7. The summed E-state index contributed by atoms with van der Waals surface area (Å²) >= 11 is 0. The molecular weight excluding hydrogens is 597 g/mol. The van der Waals surface area contributed by atoms with Crippen LogP contribution >= 0.6 is 0 Å². The van der Waals surface area contributed by atoms with E-state index in [0.717, 1.165) is 18.4 Å². The molecule has 15 heteroatoms. The Labute approximate surface area is 241 Å². The van der Waals surface area contributed by atoms with Crippen molar-refractivity contribution < 1.29 is 40.2 Å². The molecule has 0 unspecified atom stereocenters. The van der Waals surface area contributed by atoms with Crippen molar-refractivity contribution >= 4 is 9.84 Å². The second-order valence-electron chi connectivity index (χ2n) is 9.44. The predicted octanol–water partition coefficient (Wildman–Crippen LogP) is 5.83. The first-order valence-corrected chi connectivity index (χ1v) is 14.3. The van der Waals surface area contributed by atoms with Gasteiger partial charge in [0.15, 0.2) is 9.84 Å². The lowest BCUT2D eigenvalue weighted by atomic mass is 10.0. The number of aryl methyl sites for hydroxylation is 1. The van der Waals surface area contributed by atoms with Crippen LogP contribution in [0.2, 0.25) is 0 Å². The van der Waals surface area contributed by atoms with Crippen LogP contribution in [0.5, 0.6) is 5.75 Å². The molecule has 43 heavy (non-hydrogen) atoms. The van der Waals surface area contributed by atoms with E-state index in [1.54, 1.807) is 24.3 Å². The number of aliphatic hydroxyl groups excluding tert-OH is 1. The smallest absolute Gasteiger partial charge is 0.406 e. The van der Waals surface area contributed by atoms with Gasteiger partial charge in [0.25, 0.3) is 6.43 Å². The molecule has 3 aromatic carbocycles. The van der Waals surface area contributed by atoms with Crippen molar-refractivity contribution in [3.05, 3.63) is 90.1 Å². The van der Waals surface area contributed by atoms with Crippen LogP contribution in [0, 0.1) is 6.92 Å². The van der Waals surface area contributed by atoms with Crippen molar-refractivity contribution in [1.29, 1.82) is 0 Å². The molecule has 0 radical (unpaired) electrons. The Morgan fingerprint density at radius 3 is 2.21 bits per heavy atom. The van der Waals surface area contributed by atoms with Gasteiger partial charge in [-0.05, 0) is 66.1 Å². The fourth-order valence-electron chi connectivity index (χ4n) is 4.57. The van der Waals surface area contributed by atoms with E-state index < -0.39 is 40.7 Å². The zero-order valence-electron chi connectivity index (χ0n) is 22.4. The van der Waals surface area contributed by atoms with Gasteiger partial charge in [-0.3, -0.25) is 0 Å². The maximum atomic E-state index is 13.5. The largest absolute Gasteiger partial charge is 0.573 e. The van der Waals surface area contributed by atoms with E-state index in [2.05, 4.69) is 20.0 Å². The molecule has 0 fully saturated rings. The fourth-order valence-corrected chi connectivity index (χ4v) is 5.52. The number of sulfone groups is 1. The monoisotopic (exact) mass is 619 g/mol. The highest BCUT2D eigenvalue weighted by Gasteiger charge is 2.31. The Morgan fingerprint density at radius 1 is 0.953 bits per heavy atom. The van der Waals surface area contributed by atoms with E-state index in [1.807, 2.05) is 0 Å². The number of imidazole rings is 1. The summed E-state index contributed by atoms with van der Waals surface area (Å²) in [5, 5.41) is 17.8. The molecule has 2 aromatic heterocycles. The molecule has 0 aliphatic carbocycles. The Balaban J connectivity index is 1.69. The van der Waals surface area contributed by atoms with Gasteiger partial charge in [-0.25, -0.2) is 26.9 Å². The molecule has 0 saturated carbocycles. The van der Waals surface area contributed by atoms with Crippen molar-refractivity contribution in [3.8, 4) is 39.5 Å². The number of halogens is 5. The molecular formula is C28H22F5N5O4S. The van der Waals surface area contributed by atoms with Crippen LogP contribution in [0.15, 0.2) is 78.0 Å². The van der Waals surface area contributed by atoms with Crippen molar-refractivity contribution in [2.75, 3.05) is 6.26 Å². The summed E-state index contributed by atoms with van der Waals surface area (Å²) in [7, 11) is -3.70. The lowest BCUT2D eigenvalue weighted by Gasteiger charge is -2.16. The zero-order valence-corrected chi connectivity index (χ0v) is 23.2. The summed E-state index contributed by atoms with van der Waals surface area (Å²) in [5.74, 6) is -0.189. The van der Waals surface area contributed by atoms with Gasteiger partial charge in [0.2, 0.25) is 0 Å². The van der Waals surface area contributed by atoms with E-state index in [1.165, 1.54) is 52.8 Å². The highest BCUT2D eigenvalue weighted by molar-refractivity contribution is 7.90. The Bertz CT molecular complexity index is 1900. The van der Waals surface area contributed by atoms with Crippen LogP contribution in [0.25, 0.3) is 33.8 Å². The first-order chi connectivity index (χ1) is 20.2. The van der Waals surface area contributed by atoms with Crippen LogP contribution in [0.1, 0.15) is 23.5 Å². The second-order valence-corrected chi connectivity index (χ2v) is 11.4. The third-order valence-corrected chi connectivity index (χ3v) is 7.67.